The molecule has 6 nitrogen and oxygen atoms in total. The fraction of sp³-hybridized carbons (Fsp3) is 0.217. The second-order valence-corrected chi connectivity index (χ2v) is 7.52. The van der Waals surface area contributed by atoms with Gasteiger partial charge < -0.3 is 15.2 Å². The van der Waals surface area contributed by atoms with Crippen LogP contribution in [0.3, 0.4) is 0 Å². The molecule has 1 atom stereocenters. The molecule has 0 fully saturated rings. The number of nitrogens with one attached hydrogen (secondary N) is 1. The highest BCUT2D eigenvalue weighted by Gasteiger charge is 2.34. The Labute approximate surface area is 179 Å². The normalized spacial score (nSPS) is 15.3. The largest absolute Gasteiger partial charge is 0.489 e. The van der Waals surface area contributed by atoms with Crippen molar-refractivity contribution in [2.75, 3.05) is 0 Å². The number of hydrogen-bond donors (Lipinski definition) is 2. The lowest BCUT2D eigenvalue weighted by Crippen LogP contribution is -2.21. The number of aromatic amines is 1. The molecule has 0 bridgehead atoms. The van der Waals surface area contributed by atoms with E-state index in [0.717, 1.165) is 41.0 Å². The number of rotatable bonds is 6. The summed E-state index contributed by atoms with van der Waals surface area (Å²) in [6.45, 7) is 2.53. The number of aryl methyl sites for hydroxylation is 1. The van der Waals surface area contributed by atoms with Crippen molar-refractivity contribution < 1.29 is 9.47 Å². The van der Waals surface area contributed by atoms with Gasteiger partial charge in [-0.15, -0.1) is 5.10 Å². The summed E-state index contributed by atoms with van der Waals surface area (Å²) in [5.41, 5.74) is 10.2. The van der Waals surface area contributed by atoms with Gasteiger partial charge in [0.2, 0.25) is 11.8 Å². The van der Waals surface area contributed by atoms with Crippen molar-refractivity contribution in [1.82, 2.24) is 10.2 Å². The average Bonchev–Trinajstić information content (AvgIpc) is 3.15. The van der Waals surface area contributed by atoms with Gasteiger partial charge in [0.1, 0.15) is 24.0 Å². The van der Waals surface area contributed by atoms with E-state index >= 15 is 0 Å². The van der Waals surface area contributed by atoms with Gasteiger partial charge >= 0.3 is 0 Å². The Hall–Kier alpha value is -3.43. The van der Waals surface area contributed by atoms with Crippen LogP contribution in [-0.4, -0.2) is 10.2 Å². The summed E-state index contributed by atoms with van der Waals surface area (Å²) in [6, 6.07) is 17.4. The molecule has 1 aromatic heterocycles. The molecule has 0 aliphatic carbocycles. The first kappa shape index (κ1) is 19.9. The van der Waals surface area contributed by atoms with E-state index in [4.69, 9.17) is 26.8 Å². The summed E-state index contributed by atoms with van der Waals surface area (Å²) in [5.74, 6) is 0.928. The molecule has 152 valence electrons. The number of benzene rings is 2. The van der Waals surface area contributed by atoms with Crippen molar-refractivity contribution in [3.05, 3.63) is 87.4 Å². The molecule has 0 saturated carbocycles. The zero-order valence-corrected chi connectivity index (χ0v) is 17.2. The van der Waals surface area contributed by atoms with E-state index in [1.807, 2.05) is 48.5 Å². The molecule has 0 saturated heterocycles. The van der Waals surface area contributed by atoms with Crippen LogP contribution in [0.2, 0.25) is 5.02 Å². The predicted octanol–water partition coefficient (Wildman–Crippen LogP) is 4.81. The molecule has 0 spiro atoms. The summed E-state index contributed by atoms with van der Waals surface area (Å²) in [5, 5.41) is 17.7. The van der Waals surface area contributed by atoms with Gasteiger partial charge in [-0.2, -0.15) is 5.26 Å². The average molecular weight is 421 g/mol. The maximum Gasteiger partial charge on any atom is 0.244 e. The fourth-order valence-electron chi connectivity index (χ4n) is 3.59. The van der Waals surface area contributed by atoms with Crippen LogP contribution in [0.15, 0.2) is 60.0 Å². The molecule has 3 N–H and O–H groups in total. The molecule has 1 aliphatic rings. The van der Waals surface area contributed by atoms with Gasteiger partial charge in [-0.25, -0.2) is 0 Å². The van der Waals surface area contributed by atoms with Crippen LogP contribution in [0.5, 0.6) is 11.6 Å². The van der Waals surface area contributed by atoms with E-state index in [1.54, 1.807) is 0 Å². The number of halogens is 1. The Bertz CT molecular complexity index is 1110. The Morgan fingerprint density at radius 1 is 1.20 bits per heavy atom. The van der Waals surface area contributed by atoms with Gasteiger partial charge in [-0.3, -0.25) is 5.10 Å². The SMILES string of the molecule is CCCc1[nH]nc2c1[C@H](c1ccc(OCc3ccc(Cl)cc3)cc1)C(C#N)=C(N)O2. The van der Waals surface area contributed by atoms with Crippen molar-refractivity contribution in [2.24, 2.45) is 5.73 Å². The first-order valence-electron chi connectivity index (χ1n) is 9.72. The molecule has 1 aliphatic heterocycles. The summed E-state index contributed by atoms with van der Waals surface area (Å²) < 4.78 is 11.5. The highest BCUT2D eigenvalue weighted by molar-refractivity contribution is 6.30. The van der Waals surface area contributed by atoms with Crippen molar-refractivity contribution >= 4 is 11.6 Å². The second-order valence-electron chi connectivity index (χ2n) is 7.08. The molecule has 30 heavy (non-hydrogen) atoms. The fourth-order valence-corrected chi connectivity index (χ4v) is 3.71. The standard InChI is InChI=1S/C23H21ClN4O2/c1-2-3-19-21-20(18(12-25)22(26)30-23(21)28-27-19)15-6-10-17(11-7-15)29-13-14-4-8-16(24)9-5-14/h4-11,20H,2-3,13,26H2,1H3,(H,27,28)/t20-/m1/s1. The number of allylic oxidation sites excluding steroid dienone is 1. The smallest absolute Gasteiger partial charge is 0.244 e. The number of aromatic nitrogens is 2. The second kappa shape index (κ2) is 8.52. The van der Waals surface area contributed by atoms with Crippen LogP contribution in [0.1, 0.15) is 41.6 Å². The van der Waals surface area contributed by atoms with E-state index in [9.17, 15) is 5.26 Å². The topological polar surface area (TPSA) is 97.0 Å². The van der Waals surface area contributed by atoms with Gasteiger partial charge in [0.05, 0.1) is 5.92 Å². The Morgan fingerprint density at radius 2 is 1.93 bits per heavy atom. The number of nitriles is 1. The molecule has 0 amide bonds. The van der Waals surface area contributed by atoms with Gasteiger partial charge in [0, 0.05) is 16.3 Å². The monoisotopic (exact) mass is 420 g/mol. The molecule has 3 aromatic rings. The van der Waals surface area contributed by atoms with Crippen LogP contribution in [0.25, 0.3) is 0 Å². The third-order valence-electron chi connectivity index (χ3n) is 5.05. The van der Waals surface area contributed by atoms with Gasteiger partial charge in [0.15, 0.2) is 0 Å². The lowest BCUT2D eigenvalue weighted by atomic mass is 9.83. The number of fused-ring (bicyclic) bond motifs is 1. The Kier molecular flexibility index (Phi) is 5.64. The van der Waals surface area contributed by atoms with E-state index in [2.05, 4.69) is 23.2 Å². The molecule has 2 heterocycles. The molecule has 2 aromatic carbocycles. The summed E-state index contributed by atoms with van der Waals surface area (Å²) >= 11 is 5.92. The Morgan fingerprint density at radius 3 is 2.60 bits per heavy atom. The van der Waals surface area contributed by atoms with E-state index < -0.39 is 0 Å². The van der Waals surface area contributed by atoms with E-state index in [0.29, 0.717) is 23.1 Å². The predicted molar refractivity (Wildman–Crippen MR) is 114 cm³/mol. The highest BCUT2D eigenvalue weighted by atomic mass is 35.5. The van der Waals surface area contributed by atoms with Crippen molar-refractivity contribution in [3.8, 4) is 17.7 Å². The number of H-pyrrole nitrogens is 1. The number of nitrogens with two attached hydrogens (primary N) is 1. The van der Waals surface area contributed by atoms with Crippen LogP contribution in [0.4, 0.5) is 0 Å². The Balaban J connectivity index is 1.60. The molecule has 7 heteroatoms. The molecule has 0 unspecified atom stereocenters. The minimum absolute atomic E-state index is 0.0904. The maximum atomic E-state index is 9.73. The number of nitrogens with zero attached hydrogens (tertiary/aromatic N) is 2. The quantitative estimate of drug-likeness (QED) is 0.596. The third kappa shape index (κ3) is 3.85. The van der Waals surface area contributed by atoms with Gasteiger partial charge in [-0.1, -0.05) is 49.2 Å². The molecular weight excluding hydrogens is 400 g/mol. The van der Waals surface area contributed by atoms with Crippen molar-refractivity contribution in [2.45, 2.75) is 32.3 Å². The van der Waals surface area contributed by atoms with Crippen LogP contribution in [0, 0.1) is 11.3 Å². The van der Waals surface area contributed by atoms with E-state index in [1.165, 1.54) is 0 Å². The van der Waals surface area contributed by atoms with Gasteiger partial charge in [0.25, 0.3) is 0 Å². The molecule has 4 rings (SSSR count). The lowest BCUT2D eigenvalue weighted by molar-refractivity contribution is 0.306. The van der Waals surface area contributed by atoms with Crippen molar-refractivity contribution in [1.29, 1.82) is 5.26 Å². The first-order chi connectivity index (χ1) is 14.6. The third-order valence-corrected chi connectivity index (χ3v) is 5.30. The summed E-state index contributed by atoms with van der Waals surface area (Å²) in [6.07, 6.45) is 1.75. The maximum absolute atomic E-state index is 9.73. The zero-order valence-electron chi connectivity index (χ0n) is 16.5. The number of hydrogen-bond acceptors (Lipinski definition) is 5. The van der Waals surface area contributed by atoms with Crippen LogP contribution < -0.4 is 15.2 Å². The highest BCUT2D eigenvalue weighted by Crippen LogP contribution is 2.43. The lowest BCUT2D eigenvalue weighted by Gasteiger charge is -2.24. The molecule has 0 radical (unpaired) electrons. The first-order valence-corrected chi connectivity index (χ1v) is 10.1. The van der Waals surface area contributed by atoms with Crippen LogP contribution in [-0.2, 0) is 13.0 Å². The molecular formula is C23H21ClN4O2. The van der Waals surface area contributed by atoms with Crippen LogP contribution >= 0.6 is 11.6 Å². The summed E-state index contributed by atoms with van der Waals surface area (Å²) in [7, 11) is 0. The minimum Gasteiger partial charge on any atom is -0.489 e. The number of ether oxygens (including phenoxy) is 2. The van der Waals surface area contributed by atoms with Crippen molar-refractivity contribution in [3.63, 3.8) is 0 Å². The van der Waals surface area contributed by atoms with Gasteiger partial charge in [-0.05, 0) is 41.8 Å². The minimum atomic E-state index is -0.329. The summed E-state index contributed by atoms with van der Waals surface area (Å²) in [4.78, 5) is 0. The van der Waals surface area contributed by atoms with E-state index in [-0.39, 0.29) is 11.8 Å². The zero-order chi connectivity index (χ0) is 21.1.